The Hall–Kier alpha value is -1.60. The van der Waals surface area contributed by atoms with Crippen molar-refractivity contribution in [1.82, 2.24) is 0 Å². The van der Waals surface area contributed by atoms with Gasteiger partial charge in [-0.2, -0.15) is 0 Å². The van der Waals surface area contributed by atoms with Crippen molar-refractivity contribution in [3.05, 3.63) is 71.9 Å². The van der Waals surface area contributed by atoms with E-state index < -0.39 is 0 Å². The van der Waals surface area contributed by atoms with E-state index in [1.807, 2.05) is 0 Å². The van der Waals surface area contributed by atoms with Gasteiger partial charge in [-0.25, -0.2) is 0 Å². The average molecular weight is 409 g/mol. The predicted octanol–water partition coefficient (Wildman–Crippen LogP) is 8.67. The van der Waals surface area contributed by atoms with Gasteiger partial charge >= 0.3 is 0 Å². The minimum absolute atomic E-state index is 0.215. The van der Waals surface area contributed by atoms with Crippen molar-refractivity contribution >= 4 is 0 Å². The Morgan fingerprint density at radius 2 is 2.13 bits per heavy atom. The highest BCUT2D eigenvalue weighted by atomic mass is 16.5. The lowest BCUT2D eigenvalue weighted by Gasteiger charge is -2.25. The molecule has 0 aromatic carbocycles. The summed E-state index contributed by atoms with van der Waals surface area (Å²) < 4.78 is 6.42. The maximum Gasteiger partial charge on any atom is 0.0759 e. The van der Waals surface area contributed by atoms with E-state index >= 15 is 0 Å². The van der Waals surface area contributed by atoms with Crippen molar-refractivity contribution in [2.45, 2.75) is 97.7 Å². The highest BCUT2D eigenvalue weighted by Crippen LogP contribution is 2.43. The Bertz CT molecular complexity index is 672. The first-order chi connectivity index (χ1) is 14.5. The first kappa shape index (κ1) is 24.7. The van der Waals surface area contributed by atoms with Crippen LogP contribution < -0.4 is 0 Å². The molecule has 1 fully saturated rings. The molecule has 166 valence electrons. The van der Waals surface area contributed by atoms with E-state index in [4.69, 9.17) is 4.74 Å². The number of hydrogen-bond acceptors (Lipinski definition) is 1. The number of hydrogen-bond donors (Lipinski definition) is 0. The molecular formula is C29H44O. The highest BCUT2D eigenvalue weighted by molar-refractivity contribution is 5.44. The second-order valence-corrected chi connectivity index (χ2v) is 9.06. The third-order valence-electron chi connectivity index (χ3n) is 6.44. The Morgan fingerprint density at radius 1 is 1.30 bits per heavy atom. The third kappa shape index (κ3) is 8.26. The largest absolute Gasteiger partial charge is 0.371 e. The van der Waals surface area contributed by atoms with E-state index in [1.165, 1.54) is 42.4 Å². The molecule has 0 aliphatic heterocycles. The van der Waals surface area contributed by atoms with Crippen LogP contribution in [0.25, 0.3) is 0 Å². The third-order valence-corrected chi connectivity index (χ3v) is 6.44. The summed E-state index contributed by atoms with van der Waals surface area (Å²) in [6.07, 6.45) is 29.2. The average Bonchev–Trinajstić information content (AvgIpc) is 3.22. The summed E-state index contributed by atoms with van der Waals surface area (Å²) in [4.78, 5) is 0. The lowest BCUT2D eigenvalue weighted by molar-refractivity contribution is 0.0211. The molecule has 0 aromatic heterocycles. The monoisotopic (exact) mass is 408 g/mol. The number of ether oxygens (including phenoxy) is 1. The summed E-state index contributed by atoms with van der Waals surface area (Å²) in [5.74, 6) is 1.42. The van der Waals surface area contributed by atoms with Crippen molar-refractivity contribution < 1.29 is 4.74 Å². The van der Waals surface area contributed by atoms with E-state index in [9.17, 15) is 0 Å². The fourth-order valence-electron chi connectivity index (χ4n) is 4.60. The highest BCUT2D eigenvalue weighted by Gasteiger charge is 2.30. The molecule has 30 heavy (non-hydrogen) atoms. The van der Waals surface area contributed by atoms with E-state index in [1.54, 1.807) is 0 Å². The minimum atomic E-state index is 0.215. The van der Waals surface area contributed by atoms with Gasteiger partial charge in [-0.05, 0) is 95.1 Å². The topological polar surface area (TPSA) is 9.23 Å². The zero-order valence-electron chi connectivity index (χ0n) is 19.9. The maximum absolute atomic E-state index is 6.42. The second kappa shape index (κ2) is 13.7. The molecular weight excluding hydrogens is 364 g/mol. The summed E-state index contributed by atoms with van der Waals surface area (Å²) in [6.45, 7) is 13.1. The molecule has 2 rings (SSSR count). The zero-order valence-corrected chi connectivity index (χ0v) is 19.9. The van der Waals surface area contributed by atoms with Gasteiger partial charge in [-0.15, -0.1) is 0 Å². The van der Waals surface area contributed by atoms with Crippen LogP contribution in [0.3, 0.4) is 0 Å². The summed E-state index contributed by atoms with van der Waals surface area (Å²) in [7, 11) is 0. The van der Waals surface area contributed by atoms with Gasteiger partial charge in [0, 0.05) is 0 Å². The van der Waals surface area contributed by atoms with Gasteiger partial charge in [0.2, 0.25) is 0 Å². The number of allylic oxidation sites excluding steroid dienone is 9. The molecule has 0 bridgehead atoms. The number of rotatable bonds is 12. The van der Waals surface area contributed by atoms with Crippen LogP contribution >= 0.6 is 0 Å². The SMILES string of the molecule is C=C1/C(=C/CC(C)OC(/C=C/CC)CCC/C=C(/C)C/C=C/C)C=CC2CCCC12. The molecule has 2 aliphatic carbocycles. The molecule has 0 spiro atoms. The first-order valence-electron chi connectivity index (χ1n) is 12.2. The molecule has 0 amide bonds. The minimum Gasteiger partial charge on any atom is -0.371 e. The number of fused-ring (bicyclic) bond motifs is 1. The van der Waals surface area contributed by atoms with Crippen molar-refractivity contribution in [2.75, 3.05) is 0 Å². The van der Waals surface area contributed by atoms with E-state index in [0.29, 0.717) is 5.92 Å². The quantitative estimate of drug-likeness (QED) is 0.232. The van der Waals surface area contributed by atoms with Gasteiger partial charge in [-0.1, -0.05) is 74.1 Å². The van der Waals surface area contributed by atoms with Crippen molar-refractivity contribution in [1.29, 1.82) is 0 Å². The molecule has 0 radical (unpaired) electrons. The molecule has 4 atom stereocenters. The Labute approximate surface area is 186 Å². The van der Waals surface area contributed by atoms with E-state index in [2.05, 4.69) is 82.9 Å². The first-order valence-corrected chi connectivity index (χ1v) is 12.2. The summed E-state index contributed by atoms with van der Waals surface area (Å²) >= 11 is 0. The predicted molar refractivity (Wildman–Crippen MR) is 133 cm³/mol. The summed E-state index contributed by atoms with van der Waals surface area (Å²) in [6, 6.07) is 0. The van der Waals surface area contributed by atoms with Crippen LogP contribution in [0.15, 0.2) is 71.9 Å². The van der Waals surface area contributed by atoms with Gasteiger partial charge < -0.3 is 4.74 Å². The smallest absolute Gasteiger partial charge is 0.0759 e. The van der Waals surface area contributed by atoms with Crippen LogP contribution in [0.5, 0.6) is 0 Å². The van der Waals surface area contributed by atoms with Crippen molar-refractivity contribution in [3.63, 3.8) is 0 Å². The van der Waals surface area contributed by atoms with Crippen LogP contribution in [0, 0.1) is 11.8 Å². The van der Waals surface area contributed by atoms with Crippen LogP contribution in [0.4, 0.5) is 0 Å². The van der Waals surface area contributed by atoms with Crippen molar-refractivity contribution in [3.8, 4) is 0 Å². The molecule has 1 nitrogen and oxygen atoms in total. The standard InChI is InChI=1S/C29H44O/c1-6-8-13-23(3)14-10-11-17-28(16-9-7-2)30-24(4)19-20-26-21-22-27-15-12-18-29(27)25(26)5/h6,8-9,14,16,20-22,24,27-29H,5,7,10-13,15,17-19H2,1-4H3/b8-6+,16-9+,23-14-,26-20+. The molecule has 2 aliphatic rings. The van der Waals surface area contributed by atoms with Crippen molar-refractivity contribution in [2.24, 2.45) is 11.8 Å². The Morgan fingerprint density at radius 3 is 2.90 bits per heavy atom. The fourth-order valence-corrected chi connectivity index (χ4v) is 4.60. The second-order valence-electron chi connectivity index (χ2n) is 9.06. The molecule has 4 unspecified atom stereocenters. The number of unbranched alkanes of at least 4 members (excludes halogenated alkanes) is 1. The van der Waals surface area contributed by atoms with E-state index in [0.717, 1.165) is 38.0 Å². The van der Waals surface area contributed by atoms with Gasteiger partial charge in [0.15, 0.2) is 0 Å². The van der Waals surface area contributed by atoms with Gasteiger partial charge in [0.05, 0.1) is 12.2 Å². The molecule has 0 saturated heterocycles. The van der Waals surface area contributed by atoms with Crippen LogP contribution in [0.2, 0.25) is 0 Å². The summed E-state index contributed by atoms with van der Waals surface area (Å²) in [5.41, 5.74) is 4.16. The molecule has 1 heteroatoms. The zero-order chi connectivity index (χ0) is 21.8. The molecule has 1 saturated carbocycles. The molecule has 0 N–H and O–H groups in total. The maximum atomic E-state index is 6.42. The molecule has 0 heterocycles. The Balaban J connectivity index is 1.82. The fraction of sp³-hybridized carbons (Fsp3) is 0.586. The van der Waals surface area contributed by atoms with Gasteiger partial charge in [-0.3, -0.25) is 0 Å². The normalized spacial score (nSPS) is 25.5. The van der Waals surface area contributed by atoms with E-state index in [-0.39, 0.29) is 12.2 Å². The van der Waals surface area contributed by atoms with Gasteiger partial charge in [0.25, 0.3) is 0 Å². The lowest BCUT2D eigenvalue weighted by atomic mass is 9.80. The molecule has 0 aromatic rings. The van der Waals surface area contributed by atoms with Crippen LogP contribution in [0.1, 0.15) is 85.5 Å². The Kier molecular flexibility index (Phi) is 11.2. The van der Waals surface area contributed by atoms with Crippen LogP contribution in [-0.2, 0) is 4.74 Å². The van der Waals surface area contributed by atoms with Crippen LogP contribution in [-0.4, -0.2) is 12.2 Å². The summed E-state index contributed by atoms with van der Waals surface area (Å²) in [5, 5.41) is 0. The lowest BCUT2D eigenvalue weighted by Crippen LogP contribution is -2.18. The van der Waals surface area contributed by atoms with Gasteiger partial charge in [0.1, 0.15) is 0 Å².